The lowest BCUT2D eigenvalue weighted by atomic mass is 9.93. The number of rotatable bonds is 9. The van der Waals surface area contributed by atoms with Gasteiger partial charge in [-0.2, -0.15) is 0 Å². The van der Waals surface area contributed by atoms with Crippen LogP contribution in [0.25, 0.3) is 11.1 Å². The van der Waals surface area contributed by atoms with Gasteiger partial charge in [0.05, 0.1) is 5.92 Å². The first kappa shape index (κ1) is 27.5. The summed E-state index contributed by atoms with van der Waals surface area (Å²) in [5.41, 5.74) is 4.55. The van der Waals surface area contributed by atoms with E-state index in [4.69, 9.17) is 0 Å². The van der Waals surface area contributed by atoms with E-state index in [1.807, 2.05) is 60.4 Å². The highest BCUT2D eigenvalue weighted by Gasteiger charge is 2.23. The molecular weight excluding hydrogens is 477 g/mol. The minimum absolute atomic E-state index is 0.0528. The van der Waals surface area contributed by atoms with Crippen molar-refractivity contribution in [1.82, 2.24) is 15.1 Å². The molecule has 0 bridgehead atoms. The van der Waals surface area contributed by atoms with E-state index < -0.39 is 0 Å². The Labute approximate surface area is 225 Å². The molecule has 38 heavy (non-hydrogen) atoms. The number of amides is 2. The summed E-state index contributed by atoms with van der Waals surface area (Å²) in [6, 6.07) is 22.5. The summed E-state index contributed by atoms with van der Waals surface area (Å²) in [6.45, 7) is 10.2. The fraction of sp³-hybridized carbons (Fsp3) is 0.375. The van der Waals surface area contributed by atoms with Gasteiger partial charge in [0.25, 0.3) is 5.91 Å². The average Bonchev–Trinajstić information content (AvgIpc) is 2.95. The second kappa shape index (κ2) is 12.8. The van der Waals surface area contributed by atoms with Gasteiger partial charge in [-0.1, -0.05) is 61.9 Å². The average molecular weight is 516 g/mol. The van der Waals surface area contributed by atoms with Gasteiger partial charge in [0.2, 0.25) is 5.91 Å². The molecule has 1 N–H and O–H groups in total. The standard InChI is InChI=1S/C32H38FN3O2/c1-4-6-30(26-13-15-29(33)16-14-26)31(37)34-22-24-9-11-25(12-10-24)27-7-5-8-28(21-27)32(38)36-19-17-35(18-20-36)23(2)3/h5,7-16,21,23,30H,4,6,17-20,22H2,1-3H3,(H,34,37). The molecule has 1 fully saturated rings. The zero-order valence-corrected chi connectivity index (χ0v) is 22.6. The SMILES string of the molecule is CCCC(C(=O)NCc1ccc(-c2cccc(C(=O)N3CCN(C(C)C)CC3)c2)cc1)c1ccc(F)cc1. The maximum atomic E-state index is 13.3. The normalized spacial score (nSPS) is 14.9. The molecule has 1 saturated heterocycles. The highest BCUT2D eigenvalue weighted by Crippen LogP contribution is 2.24. The van der Waals surface area contributed by atoms with Crippen LogP contribution < -0.4 is 5.32 Å². The number of carbonyl (C=O) groups is 2. The number of hydrogen-bond donors (Lipinski definition) is 1. The molecule has 0 aromatic heterocycles. The van der Waals surface area contributed by atoms with E-state index in [2.05, 4.69) is 24.1 Å². The van der Waals surface area contributed by atoms with Crippen LogP contribution >= 0.6 is 0 Å². The van der Waals surface area contributed by atoms with Crippen molar-refractivity contribution in [3.05, 3.63) is 95.3 Å². The van der Waals surface area contributed by atoms with Crippen LogP contribution in [0.5, 0.6) is 0 Å². The number of nitrogens with one attached hydrogen (secondary N) is 1. The van der Waals surface area contributed by atoms with Crippen molar-refractivity contribution in [2.45, 2.75) is 52.1 Å². The van der Waals surface area contributed by atoms with Gasteiger partial charge < -0.3 is 10.2 Å². The summed E-state index contributed by atoms with van der Waals surface area (Å²) in [6.07, 6.45) is 1.57. The maximum Gasteiger partial charge on any atom is 0.253 e. The summed E-state index contributed by atoms with van der Waals surface area (Å²) in [4.78, 5) is 30.4. The largest absolute Gasteiger partial charge is 0.351 e. The highest BCUT2D eigenvalue weighted by atomic mass is 19.1. The van der Waals surface area contributed by atoms with Crippen molar-refractivity contribution < 1.29 is 14.0 Å². The molecule has 0 spiro atoms. The molecular formula is C32H38FN3O2. The minimum Gasteiger partial charge on any atom is -0.351 e. The van der Waals surface area contributed by atoms with Crippen LogP contribution in [0.3, 0.4) is 0 Å². The second-order valence-corrected chi connectivity index (χ2v) is 10.3. The van der Waals surface area contributed by atoms with Crippen molar-refractivity contribution >= 4 is 11.8 Å². The van der Waals surface area contributed by atoms with Crippen LogP contribution in [-0.2, 0) is 11.3 Å². The van der Waals surface area contributed by atoms with Crippen molar-refractivity contribution in [2.24, 2.45) is 0 Å². The van der Waals surface area contributed by atoms with Gasteiger partial charge in [0.15, 0.2) is 0 Å². The molecule has 1 aliphatic rings. The smallest absolute Gasteiger partial charge is 0.253 e. The molecule has 1 heterocycles. The van der Waals surface area contributed by atoms with Crippen molar-refractivity contribution in [2.75, 3.05) is 26.2 Å². The molecule has 0 radical (unpaired) electrons. The van der Waals surface area contributed by atoms with Crippen LogP contribution in [0.1, 0.15) is 61.0 Å². The number of halogens is 1. The molecule has 1 atom stereocenters. The van der Waals surface area contributed by atoms with E-state index in [0.717, 1.165) is 54.9 Å². The van der Waals surface area contributed by atoms with E-state index in [1.54, 1.807) is 12.1 Å². The van der Waals surface area contributed by atoms with Gasteiger partial charge in [-0.3, -0.25) is 14.5 Å². The Balaban J connectivity index is 1.37. The van der Waals surface area contributed by atoms with Gasteiger partial charge in [-0.05, 0) is 66.8 Å². The van der Waals surface area contributed by atoms with Crippen molar-refractivity contribution in [1.29, 1.82) is 0 Å². The zero-order valence-electron chi connectivity index (χ0n) is 22.6. The van der Waals surface area contributed by atoms with E-state index in [1.165, 1.54) is 12.1 Å². The van der Waals surface area contributed by atoms with E-state index in [0.29, 0.717) is 24.6 Å². The third-order valence-electron chi connectivity index (χ3n) is 7.36. The molecule has 2 amide bonds. The summed E-state index contributed by atoms with van der Waals surface area (Å²) in [7, 11) is 0. The first-order valence-corrected chi connectivity index (χ1v) is 13.6. The minimum atomic E-state index is -0.302. The number of piperazine rings is 1. The van der Waals surface area contributed by atoms with E-state index in [9.17, 15) is 14.0 Å². The first-order chi connectivity index (χ1) is 18.4. The Hall–Kier alpha value is -3.51. The quantitative estimate of drug-likeness (QED) is 0.388. The monoisotopic (exact) mass is 515 g/mol. The lowest BCUT2D eigenvalue weighted by Crippen LogP contribution is -2.50. The van der Waals surface area contributed by atoms with Gasteiger partial charge in [0, 0.05) is 44.3 Å². The summed E-state index contributed by atoms with van der Waals surface area (Å²) < 4.78 is 13.3. The lowest BCUT2D eigenvalue weighted by Gasteiger charge is -2.37. The summed E-state index contributed by atoms with van der Waals surface area (Å²) >= 11 is 0. The second-order valence-electron chi connectivity index (χ2n) is 10.3. The Morgan fingerprint density at radius 1 is 0.895 bits per heavy atom. The van der Waals surface area contributed by atoms with E-state index >= 15 is 0 Å². The molecule has 0 aliphatic carbocycles. The number of carbonyl (C=O) groups excluding carboxylic acids is 2. The van der Waals surface area contributed by atoms with Crippen LogP contribution in [0.4, 0.5) is 4.39 Å². The number of nitrogens with zero attached hydrogens (tertiary/aromatic N) is 2. The molecule has 4 rings (SSSR count). The molecule has 200 valence electrons. The van der Waals surface area contributed by atoms with Crippen LogP contribution in [-0.4, -0.2) is 53.8 Å². The van der Waals surface area contributed by atoms with Gasteiger partial charge in [-0.15, -0.1) is 0 Å². The molecule has 3 aromatic carbocycles. The summed E-state index contributed by atoms with van der Waals surface area (Å²) in [5.74, 6) is -0.572. The predicted octanol–water partition coefficient (Wildman–Crippen LogP) is 5.86. The Morgan fingerprint density at radius 3 is 2.21 bits per heavy atom. The third kappa shape index (κ3) is 6.87. The van der Waals surface area contributed by atoms with Gasteiger partial charge in [0.1, 0.15) is 5.82 Å². The Kier molecular flexibility index (Phi) is 9.29. The van der Waals surface area contributed by atoms with Crippen molar-refractivity contribution in [3.8, 4) is 11.1 Å². The maximum absolute atomic E-state index is 13.3. The molecule has 5 nitrogen and oxygen atoms in total. The van der Waals surface area contributed by atoms with Gasteiger partial charge in [-0.25, -0.2) is 4.39 Å². The van der Waals surface area contributed by atoms with Crippen LogP contribution in [0, 0.1) is 5.82 Å². The predicted molar refractivity (Wildman–Crippen MR) is 150 cm³/mol. The number of hydrogen-bond acceptors (Lipinski definition) is 3. The Morgan fingerprint density at radius 2 is 1.58 bits per heavy atom. The van der Waals surface area contributed by atoms with Crippen molar-refractivity contribution in [3.63, 3.8) is 0 Å². The summed E-state index contributed by atoms with van der Waals surface area (Å²) in [5, 5.41) is 3.04. The molecule has 1 unspecified atom stereocenters. The molecule has 0 saturated carbocycles. The third-order valence-corrected chi connectivity index (χ3v) is 7.36. The highest BCUT2D eigenvalue weighted by molar-refractivity contribution is 5.95. The zero-order chi connectivity index (χ0) is 27.1. The van der Waals surface area contributed by atoms with E-state index in [-0.39, 0.29) is 23.5 Å². The number of benzene rings is 3. The fourth-order valence-corrected chi connectivity index (χ4v) is 5.02. The van der Waals surface area contributed by atoms with Crippen LogP contribution in [0.15, 0.2) is 72.8 Å². The lowest BCUT2D eigenvalue weighted by molar-refractivity contribution is -0.122. The fourth-order valence-electron chi connectivity index (χ4n) is 5.02. The molecule has 6 heteroatoms. The molecule has 1 aliphatic heterocycles. The molecule has 3 aromatic rings. The first-order valence-electron chi connectivity index (χ1n) is 13.6. The Bertz CT molecular complexity index is 1220. The van der Waals surface area contributed by atoms with Crippen LogP contribution in [0.2, 0.25) is 0 Å². The van der Waals surface area contributed by atoms with Gasteiger partial charge >= 0.3 is 0 Å². The topological polar surface area (TPSA) is 52.7 Å².